The molecule has 3 saturated heterocycles. The van der Waals surface area contributed by atoms with Gasteiger partial charge in [0.2, 0.25) is 17.7 Å². The van der Waals surface area contributed by atoms with E-state index in [1.807, 2.05) is 61.5 Å². The van der Waals surface area contributed by atoms with Crippen LogP contribution in [0.2, 0.25) is 0 Å². The van der Waals surface area contributed by atoms with Crippen molar-refractivity contribution in [1.29, 1.82) is 0 Å². The van der Waals surface area contributed by atoms with Crippen LogP contribution in [0.1, 0.15) is 18.9 Å². The molecule has 228 valence electrons. The van der Waals surface area contributed by atoms with Gasteiger partial charge in [-0.25, -0.2) is 0 Å². The number of β-amino-alcohol motifs (C(OH)–C–C–N with tert-alkyl or cyclic N) is 1. The van der Waals surface area contributed by atoms with Crippen LogP contribution in [-0.2, 0) is 20.9 Å². The standard InChI is InChI=1S/C33H38BrN3O5S/c1-4-16-35(21-22-10-8-7-9-11-22)32(41)29-33-20-25(34)28(43-33)26(27(33)31(40)37(29)18-19-38)30(39)36(17-5-2)23-12-14-24(15-13-23)42-6-3/h4-5,7-15,25-29,38H,1-2,6,16-21H2,3H3/t25?,26-,27-,28-,29?,33?/m0/s1. The van der Waals surface area contributed by atoms with E-state index in [0.29, 0.717) is 37.6 Å². The fourth-order valence-electron chi connectivity index (χ4n) is 6.92. The quantitative estimate of drug-likeness (QED) is 0.254. The maximum absolute atomic E-state index is 14.5. The number of fused-ring (bicyclic) bond motifs is 1. The van der Waals surface area contributed by atoms with Crippen LogP contribution >= 0.6 is 27.7 Å². The average molecular weight is 669 g/mol. The Hall–Kier alpha value is -3.08. The maximum atomic E-state index is 14.5. The Morgan fingerprint density at radius 3 is 2.44 bits per heavy atom. The Balaban J connectivity index is 1.51. The van der Waals surface area contributed by atoms with E-state index in [4.69, 9.17) is 4.74 Å². The van der Waals surface area contributed by atoms with Gasteiger partial charge in [-0.1, -0.05) is 58.4 Å². The number of halogens is 1. The van der Waals surface area contributed by atoms with Crippen LogP contribution in [0, 0.1) is 11.8 Å². The molecule has 3 heterocycles. The van der Waals surface area contributed by atoms with Crippen molar-refractivity contribution in [2.75, 3.05) is 37.7 Å². The number of ether oxygens (including phenoxy) is 1. The molecule has 3 aliphatic heterocycles. The molecule has 0 radical (unpaired) electrons. The van der Waals surface area contributed by atoms with E-state index in [-0.39, 0.29) is 47.5 Å². The Labute approximate surface area is 265 Å². The highest BCUT2D eigenvalue weighted by atomic mass is 79.9. The summed E-state index contributed by atoms with van der Waals surface area (Å²) in [6, 6.07) is 16.2. The molecule has 1 N–H and O–H groups in total. The molecule has 8 nitrogen and oxygen atoms in total. The number of thioether (sulfide) groups is 1. The van der Waals surface area contributed by atoms with E-state index in [1.165, 1.54) is 4.90 Å². The monoisotopic (exact) mass is 667 g/mol. The van der Waals surface area contributed by atoms with Gasteiger partial charge in [0.1, 0.15) is 11.8 Å². The number of amides is 3. The van der Waals surface area contributed by atoms with Crippen molar-refractivity contribution in [3.05, 3.63) is 85.5 Å². The van der Waals surface area contributed by atoms with E-state index < -0.39 is 22.6 Å². The minimum Gasteiger partial charge on any atom is -0.494 e. The first-order chi connectivity index (χ1) is 20.8. The van der Waals surface area contributed by atoms with E-state index in [2.05, 4.69) is 29.1 Å². The molecule has 3 fully saturated rings. The number of likely N-dealkylation sites (tertiary alicyclic amines) is 1. The lowest BCUT2D eigenvalue weighted by atomic mass is 9.70. The molecule has 3 unspecified atom stereocenters. The summed E-state index contributed by atoms with van der Waals surface area (Å²) in [6.45, 7) is 10.9. The van der Waals surface area contributed by atoms with Crippen LogP contribution in [0.5, 0.6) is 5.75 Å². The minimum atomic E-state index is -0.813. The number of alkyl halides is 1. The molecule has 0 aromatic heterocycles. The highest BCUT2D eigenvalue weighted by molar-refractivity contribution is 9.09. The van der Waals surface area contributed by atoms with Gasteiger partial charge in [0.15, 0.2) is 0 Å². The smallest absolute Gasteiger partial charge is 0.247 e. The Kier molecular flexibility index (Phi) is 9.68. The van der Waals surface area contributed by atoms with Crippen molar-refractivity contribution >= 4 is 51.1 Å². The largest absolute Gasteiger partial charge is 0.494 e. The molecule has 2 aromatic carbocycles. The second-order valence-electron chi connectivity index (χ2n) is 11.1. The molecule has 2 bridgehead atoms. The number of aliphatic hydroxyl groups is 1. The molecule has 5 rings (SSSR count). The van der Waals surface area contributed by atoms with Gasteiger partial charge in [-0.05, 0) is 43.2 Å². The SMILES string of the molecule is C=CCN(Cc1ccccc1)C(=O)C1N(CCO)C(=O)[C@@H]2[C@H](C(=O)N(CC=C)c3ccc(OCC)cc3)[C@H]3SC12CC3Br. The fraction of sp³-hybridized carbons (Fsp3) is 0.424. The summed E-state index contributed by atoms with van der Waals surface area (Å²) in [5, 5.41) is 9.81. The first-order valence-corrected chi connectivity index (χ1v) is 16.4. The van der Waals surface area contributed by atoms with Crippen LogP contribution in [0.15, 0.2) is 79.9 Å². The fourth-order valence-corrected chi connectivity index (χ4v) is 10.5. The van der Waals surface area contributed by atoms with Crippen molar-refractivity contribution in [1.82, 2.24) is 9.80 Å². The third-order valence-corrected chi connectivity index (χ3v) is 11.8. The molecule has 3 amide bonds. The first-order valence-electron chi connectivity index (χ1n) is 14.6. The van der Waals surface area contributed by atoms with Crippen LogP contribution in [-0.4, -0.2) is 86.3 Å². The number of hydrogen-bond donors (Lipinski definition) is 1. The van der Waals surface area contributed by atoms with Crippen molar-refractivity contribution in [2.45, 2.75) is 40.8 Å². The summed E-state index contributed by atoms with van der Waals surface area (Å²) in [5.74, 6) is -1.24. The molecule has 10 heteroatoms. The zero-order valence-corrected chi connectivity index (χ0v) is 26.7. The minimum absolute atomic E-state index is 0.0229. The molecular formula is C33H38BrN3O5S. The van der Waals surface area contributed by atoms with Gasteiger partial charge in [0, 0.05) is 41.9 Å². The molecule has 6 atom stereocenters. The third kappa shape index (κ3) is 5.65. The zero-order valence-electron chi connectivity index (χ0n) is 24.3. The average Bonchev–Trinajstić information content (AvgIpc) is 3.60. The zero-order chi connectivity index (χ0) is 30.7. The lowest BCUT2D eigenvalue weighted by Gasteiger charge is -2.38. The van der Waals surface area contributed by atoms with Crippen LogP contribution in [0.3, 0.4) is 0 Å². The summed E-state index contributed by atoms with van der Waals surface area (Å²) in [7, 11) is 0. The lowest BCUT2D eigenvalue weighted by molar-refractivity contribution is -0.143. The Bertz CT molecular complexity index is 1360. The van der Waals surface area contributed by atoms with Crippen molar-refractivity contribution in [3.8, 4) is 5.75 Å². The highest BCUT2D eigenvalue weighted by Crippen LogP contribution is 2.68. The molecule has 1 spiro atoms. The maximum Gasteiger partial charge on any atom is 0.247 e. The van der Waals surface area contributed by atoms with Crippen molar-refractivity contribution in [2.24, 2.45) is 11.8 Å². The van der Waals surface area contributed by atoms with Crippen LogP contribution < -0.4 is 9.64 Å². The molecule has 2 aromatic rings. The summed E-state index contributed by atoms with van der Waals surface area (Å²) < 4.78 is 4.77. The Morgan fingerprint density at radius 1 is 1.12 bits per heavy atom. The number of benzene rings is 2. The van der Waals surface area contributed by atoms with Crippen molar-refractivity contribution in [3.63, 3.8) is 0 Å². The molecule has 43 heavy (non-hydrogen) atoms. The first kappa shape index (κ1) is 31.3. The van der Waals surface area contributed by atoms with E-state index >= 15 is 0 Å². The van der Waals surface area contributed by atoms with Gasteiger partial charge in [-0.2, -0.15) is 0 Å². The number of carbonyl (C=O) groups excluding carboxylic acids is 3. The van der Waals surface area contributed by atoms with Gasteiger partial charge in [-0.15, -0.1) is 24.9 Å². The summed E-state index contributed by atoms with van der Waals surface area (Å²) in [5.41, 5.74) is 1.65. The molecular weight excluding hydrogens is 630 g/mol. The Morgan fingerprint density at radius 2 is 1.81 bits per heavy atom. The van der Waals surface area contributed by atoms with Gasteiger partial charge in [0.25, 0.3) is 0 Å². The van der Waals surface area contributed by atoms with Gasteiger partial charge >= 0.3 is 0 Å². The van der Waals surface area contributed by atoms with Gasteiger partial charge in [-0.3, -0.25) is 14.4 Å². The molecule has 0 saturated carbocycles. The number of nitrogens with zero attached hydrogens (tertiary/aromatic N) is 3. The number of anilines is 1. The summed E-state index contributed by atoms with van der Waals surface area (Å²) in [4.78, 5) is 48.1. The number of carbonyl (C=O) groups is 3. The number of rotatable bonds is 13. The molecule has 0 aliphatic carbocycles. The van der Waals surface area contributed by atoms with Crippen LogP contribution in [0.4, 0.5) is 5.69 Å². The second kappa shape index (κ2) is 13.3. The number of hydrogen-bond acceptors (Lipinski definition) is 6. The predicted octanol–water partition coefficient (Wildman–Crippen LogP) is 4.28. The van der Waals surface area contributed by atoms with E-state index in [9.17, 15) is 19.5 Å². The van der Waals surface area contributed by atoms with Gasteiger partial charge < -0.3 is 24.5 Å². The van der Waals surface area contributed by atoms with Crippen LogP contribution in [0.25, 0.3) is 0 Å². The second-order valence-corrected chi connectivity index (χ2v) is 13.8. The lowest BCUT2D eigenvalue weighted by Crippen LogP contribution is -2.56. The third-order valence-electron chi connectivity index (χ3n) is 8.56. The van der Waals surface area contributed by atoms with E-state index in [0.717, 1.165) is 5.56 Å². The summed E-state index contributed by atoms with van der Waals surface area (Å²) >= 11 is 5.42. The topological polar surface area (TPSA) is 90.4 Å². The normalized spacial score (nSPS) is 27.1. The predicted molar refractivity (Wildman–Crippen MR) is 173 cm³/mol. The van der Waals surface area contributed by atoms with Gasteiger partial charge in [0.05, 0.1) is 29.8 Å². The molecule has 3 aliphatic rings. The van der Waals surface area contributed by atoms with E-state index in [1.54, 1.807) is 33.7 Å². The van der Waals surface area contributed by atoms with Crippen molar-refractivity contribution < 1.29 is 24.2 Å². The summed E-state index contributed by atoms with van der Waals surface area (Å²) in [6.07, 6.45) is 3.93. The highest BCUT2D eigenvalue weighted by Gasteiger charge is 2.76. The number of aliphatic hydroxyl groups excluding tert-OH is 1.